The van der Waals surface area contributed by atoms with Crippen molar-refractivity contribution >= 4 is 23.8 Å². The molecule has 1 aromatic rings. The van der Waals surface area contributed by atoms with Gasteiger partial charge in [0.15, 0.2) is 5.78 Å². The summed E-state index contributed by atoms with van der Waals surface area (Å²) in [6.07, 6.45) is 8.25. The molecule has 0 saturated heterocycles. The monoisotopic (exact) mass is 583 g/mol. The fourth-order valence-corrected chi connectivity index (χ4v) is 4.85. The van der Waals surface area contributed by atoms with Crippen LogP contribution in [0.5, 0.6) is 5.75 Å². The third kappa shape index (κ3) is 10.5. The van der Waals surface area contributed by atoms with E-state index in [9.17, 15) is 19.2 Å². The first kappa shape index (κ1) is 34.3. The zero-order valence-corrected chi connectivity index (χ0v) is 26.1. The average Bonchev–Trinajstić information content (AvgIpc) is 2.90. The molecule has 1 aliphatic carbocycles. The van der Waals surface area contributed by atoms with Crippen molar-refractivity contribution in [3.05, 3.63) is 66.3 Å². The lowest BCUT2D eigenvalue weighted by Crippen LogP contribution is -2.43. The van der Waals surface area contributed by atoms with E-state index in [1.54, 1.807) is 45.0 Å². The van der Waals surface area contributed by atoms with Gasteiger partial charge in [-0.15, -0.1) is 0 Å². The normalized spacial score (nSPS) is 20.5. The van der Waals surface area contributed by atoms with Crippen LogP contribution in [-0.4, -0.2) is 55.3 Å². The SMILES string of the molecule is C=C(C)C(=O)OCCNC(=O)OC(C)(C)CC(C)(C)Oc1ccc(C(=O)C2(C)C=CC(C)(/C=C/C(=O)OC)CC2)cc1. The molecule has 0 heterocycles. The number of methoxy groups -OCH3 is 1. The second kappa shape index (κ2) is 13.9. The summed E-state index contributed by atoms with van der Waals surface area (Å²) in [5.74, 6) is -0.326. The summed E-state index contributed by atoms with van der Waals surface area (Å²) in [6.45, 7) is 16.5. The predicted octanol–water partition coefficient (Wildman–Crippen LogP) is 6.13. The zero-order valence-electron chi connectivity index (χ0n) is 26.1. The van der Waals surface area contributed by atoms with E-state index in [0.717, 1.165) is 0 Å². The highest BCUT2D eigenvalue weighted by molar-refractivity contribution is 6.01. The highest BCUT2D eigenvalue weighted by Gasteiger charge is 2.38. The van der Waals surface area contributed by atoms with Gasteiger partial charge >= 0.3 is 18.0 Å². The molecule has 42 heavy (non-hydrogen) atoms. The van der Waals surface area contributed by atoms with Gasteiger partial charge in [0, 0.05) is 34.5 Å². The number of hydrogen-bond acceptors (Lipinski definition) is 8. The lowest BCUT2D eigenvalue weighted by atomic mass is 9.67. The van der Waals surface area contributed by atoms with Crippen molar-refractivity contribution in [2.45, 2.75) is 78.9 Å². The molecule has 1 amide bonds. The third-order valence-electron chi connectivity index (χ3n) is 7.02. The Hall–Kier alpha value is -3.88. The van der Waals surface area contributed by atoms with Crippen molar-refractivity contribution in [1.82, 2.24) is 5.32 Å². The van der Waals surface area contributed by atoms with Gasteiger partial charge in [-0.3, -0.25) is 4.79 Å². The first-order valence-corrected chi connectivity index (χ1v) is 14.0. The average molecular weight is 584 g/mol. The molecular formula is C33H45NO8. The summed E-state index contributed by atoms with van der Waals surface area (Å²) >= 11 is 0. The molecule has 9 heteroatoms. The summed E-state index contributed by atoms with van der Waals surface area (Å²) in [7, 11) is 1.34. The van der Waals surface area contributed by atoms with Crippen LogP contribution in [0.15, 0.2) is 60.7 Å². The molecule has 0 aliphatic heterocycles. The molecule has 1 aromatic carbocycles. The minimum absolute atomic E-state index is 0.0114. The molecule has 0 radical (unpaired) electrons. The van der Waals surface area contributed by atoms with Crippen LogP contribution in [0.25, 0.3) is 0 Å². The molecule has 9 nitrogen and oxygen atoms in total. The van der Waals surface area contributed by atoms with Gasteiger partial charge in [-0.25, -0.2) is 14.4 Å². The molecule has 0 fully saturated rings. The number of hydrogen-bond donors (Lipinski definition) is 1. The number of ketones is 1. The number of benzene rings is 1. The maximum absolute atomic E-state index is 13.4. The second-order valence-corrected chi connectivity index (χ2v) is 12.5. The van der Waals surface area contributed by atoms with Crippen LogP contribution in [0.2, 0.25) is 0 Å². The maximum Gasteiger partial charge on any atom is 0.407 e. The molecule has 2 unspecified atom stereocenters. The third-order valence-corrected chi connectivity index (χ3v) is 7.02. The van der Waals surface area contributed by atoms with Crippen molar-refractivity contribution in [2.75, 3.05) is 20.3 Å². The van der Waals surface area contributed by atoms with Gasteiger partial charge in [0.05, 0.1) is 13.7 Å². The topological polar surface area (TPSA) is 117 Å². The highest BCUT2D eigenvalue weighted by atomic mass is 16.6. The van der Waals surface area contributed by atoms with E-state index in [1.807, 2.05) is 45.9 Å². The molecule has 230 valence electrons. The van der Waals surface area contributed by atoms with Gasteiger partial charge in [0.1, 0.15) is 23.6 Å². The van der Waals surface area contributed by atoms with Crippen molar-refractivity contribution in [2.24, 2.45) is 10.8 Å². The number of rotatable bonds is 13. The Kier molecular flexibility index (Phi) is 11.3. The Balaban J connectivity index is 1.95. The van der Waals surface area contributed by atoms with Gasteiger partial charge in [0.25, 0.3) is 0 Å². The quantitative estimate of drug-likeness (QED) is 0.0736. The van der Waals surface area contributed by atoms with E-state index < -0.39 is 34.6 Å². The Morgan fingerprint density at radius 3 is 2.19 bits per heavy atom. The smallest absolute Gasteiger partial charge is 0.407 e. The van der Waals surface area contributed by atoms with Crippen molar-refractivity contribution in [3.8, 4) is 5.75 Å². The van der Waals surface area contributed by atoms with E-state index in [4.69, 9.17) is 14.2 Å². The standard InChI is InChI=1S/C33H45NO8/c1-23(2)28(37)40-21-20-34-29(38)42-31(5,6)22-30(3,4)41-25-12-10-24(11-13-25)27(36)33(8)18-16-32(7,17-19-33)15-14-26(35)39-9/h10-16,18H,1,17,19-22H2,2-9H3,(H,34,38)/b15-14+. The largest absolute Gasteiger partial charge is 0.488 e. The lowest BCUT2D eigenvalue weighted by Gasteiger charge is -2.36. The molecule has 2 atom stereocenters. The maximum atomic E-state index is 13.4. The first-order chi connectivity index (χ1) is 19.4. The van der Waals surface area contributed by atoms with Gasteiger partial charge in [-0.2, -0.15) is 0 Å². The predicted molar refractivity (Wildman–Crippen MR) is 160 cm³/mol. The molecule has 0 saturated carbocycles. The number of allylic oxidation sites excluding steroid dienone is 3. The van der Waals surface area contributed by atoms with E-state index in [-0.39, 0.29) is 29.9 Å². The van der Waals surface area contributed by atoms with Crippen LogP contribution >= 0.6 is 0 Å². The van der Waals surface area contributed by atoms with E-state index in [0.29, 0.717) is 30.6 Å². The Morgan fingerprint density at radius 1 is 1.00 bits per heavy atom. The minimum atomic E-state index is -0.861. The number of nitrogens with one attached hydrogen (secondary N) is 1. The van der Waals surface area contributed by atoms with Gasteiger partial charge in [-0.1, -0.05) is 31.7 Å². The van der Waals surface area contributed by atoms with E-state index >= 15 is 0 Å². The summed E-state index contributed by atoms with van der Waals surface area (Å²) in [6, 6.07) is 7.04. The fraction of sp³-hybridized carbons (Fsp3) is 0.515. The van der Waals surface area contributed by atoms with Crippen LogP contribution in [0.1, 0.15) is 78.1 Å². The molecular weight excluding hydrogens is 538 g/mol. The van der Waals surface area contributed by atoms with E-state index in [2.05, 4.69) is 16.6 Å². The number of Topliss-reactive ketones (excluding diaryl/α,β-unsaturated/α-hetero) is 1. The number of carbonyl (C=O) groups excluding carboxylic acids is 4. The van der Waals surface area contributed by atoms with Crippen LogP contribution in [0, 0.1) is 10.8 Å². The van der Waals surface area contributed by atoms with Crippen molar-refractivity contribution in [3.63, 3.8) is 0 Å². The Bertz CT molecular complexity index is 1230. The number of alkyl carbamates (subject to hydrolysis) is 1. The molecule has 1 aliphatic rings. The van der Waals surface area contributed by atoms with Gasteiger partial charge in [0.2, 0.25) is 0 Å². The molecule has 0 bridgehead atoms. The second-order valence-electron chi connectivity index (χ2n) is 12.5. The fourth-order valence-electron chi connectivity index (χ4n) is 4.85. The Labute approximate surface area is 249 Å². The van der Waals surface area contributed by atoms with Crippen LogP contribution in [0.3, 0.4) is 0 Å². The molecule has 0 aromatic heterocycles. The summed E-state index contributed by atoms with van der Waals surface area (Å²) < 4.78 is 21.4. The van der Waals surface area contributed by atoms with Crippen LogP contribution in [-0.2, 0) is 23.8 Å². The summed E-state index contributed by atoms with van der Waals surface area (Å²) in [4.78, 5) is 48.6. The highest BCUT2D eigenvalue weighted by Crippen LogP contribution is 2.42. The molecule has 1 N–H and O–H groups in total. The van der Waals surface area contributed by atoms with Crippen molar-refractivity contribution < 1.29 is 38.1 Å². The van der Waals surface area contributed by atoms with Crippen molar-refractivity contribution in [1.29, 1.82) is 0 Å². The number of amides is 1. The van der Waals surface area contributed by atoms with Gasteiger partial charge < -0.3 is 24.3 Å². The molecule has 2 rings (SSSR count). The number of ether oxygens (including phenoxy) is 4. The zero-order chi connectivity index (χ0) is 31.8. The summed E-state index contributed by atoms with van der Waals surface area (Å²) in [5.41, 5.74) is -1.68. The molecule has 0 spiro atoms. The van der Waals surface area contributed by atoms with E-state index in [1.165, 1.54) is 13.2 Å². The number of esters is 2. The van der Waals surface area contributed by atoms with Crippen LogP contribution < -0.4 is 10.1 Å². The lowest BCUT2D eigenvalue weighted by molar-refractivity contribution is -0.139. The minimum Gasteiger partial charge on any atom is -0.488 e. The Morgan fingerprint density at radius 2 is 1.64 bits per heavy atom. The summed E-state index contributed by atoms with van der Waals surface area (Å²) in [5, 5.41) is 2.57. The van der Waals surface area contributed by atoms with Crippen LogP contribution in [0.4, 0.5) is 4.79 Å². The van der Waals surface area contributed by atoms with Gasteiger partial charge in [-0.05, 0) is 78.6 Å². The first-order valence-electron chi connectivity index (χ1n) is 14.0. The number of carbonyl (C=O) groups is 4.